The maximum atomic E-state index is 12.4. The van der Waals surface area contributed by atoms with Crippen LogP contribution in [0.25, 0.3) is 34.6 Å². The van der Waals surface area contributed by atoms with E-state index in [0.29, 0.717) is 49.7 Å². The molecule has 0 aliphatic carbocycles. The van der Waals surface area contributed by atoms with Crippen LogP contribution in [0.1, 0.15) is 22.6 Å². The van der Waals surface area contributed by atoms with Crippen molar-refractivity contribution in [2.45, 2.75) is 0 Å². The fourth-order valence-electron chi connectivity index (χ4n) is 5.74. The van der Waals surface area contributed by atoms with E-state index in [1.807, 2.05) is 36.4 Å². The Labute approximate surface area is 306 Å². The lowest BCUT2D eigenvalue weighted by Gasteiger charge is -2.26. The second kappa shape index (κ2) is 15.1. The zero-order valence-corrected chi connectivity index (χ0v) is 29.6. The van der Waals surface area contributed by atoms with Crippen LogP contribution in [0, 0.1) is 0 Å². The number of benzene rings is 3. The molecule has 0 unspecified atom stereocenters. The highest BCUT2D eigenvalue weighted by Crippen LogP contribution is 2.37. The van der Waals surface area contributed by atoms with Gasteiger partial charge in [-0.3, -0.25) is 14.5 Å². The third-order valence-electron chi connectivity index (χ3n) is 8.22. The molecule has 5 heterocycles. The number of carbonyl (C=O) groups is 2. The molecular weight excluding hydrogens is 745 g/mol. The summed E-state index contributed by atoms with van der Waals surface area (Å²) in [6.07, 6.45) is 3.44. The first-order chi connectivity index (χ1) is 24.3. The first-order valence-electron chi connectivity index (χ1n) is 15.8. The van der Waals surface area contributed by atoms with E-state index in [0.717, 1.165) is 66.7 Å². The number of furan rings is 2. The summed E-state index contributed by atoms with van der Waals surface area (Å²) in [6, 6.07) is 25.8. The van der Waals surface area contributed by atoms with Crippen molar-refractivity contribution in [3.8, 4) is 17.1 Å². The number of anilines is 2. The number of nitrogens with one attached hydrogen (secondary N) is 2. The van der Waals surface area contributed by atoms with Crippen molar-refractivity contribution in [1.82, 2.24) is 4.90 Å². The Hall–Kier alpha value is -4.58. The first kappa shape index (κ1) is 33.9. The third kappa shape index (κ3) is 7.90. The number of hydrogen-bond donors (Lipinski definition) is 2. The van der Waals surface area contributed by atoms with Gasteiger partial charge in [-0.1, -0.05) is 35.3 Å². The number of hydrogen-bond acceptors (Lipinski definition) is 7. The minimum absolute atomic E-state index is 0.153. The Morgan fingerprint density at radius 2 is 1.38 bits per heavy atom. The predicted molar refractivity (Wildman–Crippen MR) is 199 cm³/mol. The Morgan fingerprint density at radius 1 is 0.760 bits per heavy atom. The van der Waals surface area contributed by atoms with Gasteiger partial charge in [0.05, 0.1) is 24.4 Å². The van der Waals surface area contributed by atoms with E-state index < -0.39 is 0 Å². The van der Waals surface area contributed by atoms with Gasteiger partial charge in [0.15, 0.2) is 4.67 Å². The summed E-state index contributed by atoms with van der Waals surface area (Å²) in [6.45, 7) is 4.96. The summed E-state index contributed by atoms with van der Waals surface area (Å²) in [4.78, 5) is 26.6. The highest BCUT2D eigenvalue weighted by molar-refractivity contribution is 9.10. The van der Waals surface area contributed by atoms with Gasteiger partial charge < -0.3 is 28.9 Å². The smallest absolute Gasteiger partial charge is 0.256 e. The standard InChI is InChI=1S/C25H23ClN2O4.C13H7BrClNO2/c26-18-4-6-23-21(15-18)22(25(29)27-23)16-20-5-7-24(32-20)17-2-1-3-19(14-17)31-13-10-28-8-11-30-12-9-28;14-12-4-2-8(18-12)6-10-9-5-7(15)1-3-11(9)16-13(10)17/h1-7,14-16H,8-13H2,(H,27,29);1-6H,(H,16,17)/b22-16-;10-6-. The predicted octanol–water partition coefficient (Wildman–Crippen LogP) is 8.99. The molecule has 2 aromatic heterocycles. The monoisotopic (exact) mass is 773 g/mol. The molecule has 2 N–H and O–H groups in total. The number of carbonyl (C=O) groups excluding carboxylic acids is 2. The average molecular weight is 775 g/mol. The van der Waals surface area contributed by atoms with E-state index in [1.165, 1.54) is 0 Å². The number of morpholine rings is 1. The lowest BCUT2D eigenvalue weighted by atomic mass is 10.1. The Balaban J connectivity index is 0.000000184. The quantitative estimate of drug-likeness (QED) is 0.159. The van der Waals surface area contributed by atoms with E-state index in [4.69, 9.17) is 41.5 Å². The van der Waals surface area contributed by atoms with E-state index in [-0.39, 0.29) is 11.8 Å². The Morgan fingerprint density at radius 3 is 2.00 bits per heavy atom. The van der Waals surface area contributed by atoms with Crippen LogP contribution in [0.4, 0.5) is 11.4 Å². The van der Waals surface area contributed by atoms with Crippen molar-refractivity contribution in [3.63, 3.8) is 0 Å². The Bertz CT molecular complexity index is 2130. The van der Waals surface area contributed by atoms with Crippen molar-refractivity contribution in [2.75, 3.05) is 50.1 Å². The minimum atomic E-state index is -0.170. The van der Waals surface area contributed by atoms with Crippen molar-refractivity contribution >= 4 is 85.6 Å². The van der Waals surface area contributed by atoms with E-state index in [9.17, 15) is 9.59 Å². The first-order valence-corrected chi connectivity index (χ1v) is 17.4. The van der Waals surface area contributed by atoms with Crippen LogP contribution in [0.15, 0.2) is 98.4 Å². The maximum Gasteiger partial charge on any atom is 0.256 e. The SMILES string of the molecule is O=C1Nc2ccc(Cl)cc2/C1=C/c1ccc(-c2cccc(OCCN3CCOCC3)c2)o1.O=C1Nc2ccc(Cl)cc2/C1=C/c1ccc(Br)o1. The van der Waals surface area contributed by atoms with Crippen molar-refractivity contribution < 1.29 is 27.9 Å². The largest absolute Gasteiger partial charge is 0.492 e. The molecule has 2 amide bonds. The van der Waals surface area contributed by atoms with Crippen LogP contribution >= 0.6 is 39.1 Å². The summed E-state index contributed by atoms with van der Waals surface area (Å²) in [5.74, 6) is 2.39. The molecule has 9 nitrogen and oxygen atoms in total. The van der Waals surface area contributed by atoms with Gasteiger partial charge in [0.2, 0.25) is 0 Å². The molecule has 8 rings (SSSR count). The van der Waals surface area contributed by atoms with Gasteiger partial charge >= 0.3 is 0 Å². The molecule has 5 aromatic rings. The molecule has 254 valence electrons. The number of halogens is 3. The van der Waals surface area contributed by atoms with Gasteiger partial charge in [-0.25, -0.2) is 0 Å². The molecule has 0 spiro atoms. The zero-order valence-electron chi connectivity index (χ0n) is 26.5. The number of rotatable bonds is 7. The molecule has 1 saturated heterocycles. The highest BCUT2D eigenvalue weighted by Gasteiger charge is 2.26. The molecule has 1 fully saturated rings. The second-order valence-electron chi connectivity index (χ2n) is 11.6. The molecule has 0 radical (unpaired) electrons. The molecule has 12 heteroatoms. The van der Waals surface area contributed by atoms with E-state index in [2.05, 4.69) is 31.5 Å². The number of nitrogens with zero attached hydrogens (tertiary/aromatic N) is 1. The van der Waals surface area contributed by atoms with Gasteiger partial charge in [0.25, 0.3) is 11.8 Å². The van der Waals surface area contributed by atoms with Crippen LogP contribution in [0.3, 0.4) is 0 Å². The van der Waals surface area contributed by atoms with Gasteiger partial charge in [-0.2, -0.15) is 0 Å². The van der Waals surface area contributed by atoms with Crippen LogP contribution in [0.2, 0.25) is 10.0 Å². The molecule has 0 saturated carbocycles. The number of ether oxygens (including phenoxy) is 2. The molecule has 3 aliphatic heterocycles. The summed E-state index contributed by atoms with van der Waals surface area (Å²) < 4.78 is 23.3. The average Bonchev–Trinajstić information content (AvgIpc) is 3.89. The molecule has 50 heavy (non-hydrogen) atoms. The summed E-state index contributed by atoms with van der Waals surface area (Å²) >= 11 is 15.3. The summed E-state index contributed by atoms with van der Waals surface area (Å²) in [7, 11) is 0. The minimum Gasteiger partial charge on any atom is -0.492 e. The van der Waals surface area contributed by atoms with Crippen molar-refractivity contribution in [3.05, 3.63) is 122 Å². The van der Waals surface area contributed by atoms with Gasteiger partial charge in [-0.05, 0) is 101 Å². The maximum absolute atomic E-state index is 12.4. The third-order valence-corrected chi connectivity index (χ3v) is 9.12. The van der Waals surface area contributed by atoms with E-state index >= 15 is 0 Å². The second-order valence-corrected chi connectivity index (χ2v) is 13.2. The van der Waals surface area contributed by atoms with Gasteiger partial charge in [0, 0.05) is 57.7 Å². The fraction of sp³-hybridized carbons (Fsp3) is 0.158. The number of amides is 2. The van der Waals surface area contributed by atoms with Crippen molar-refractivity contribution in [2.24, 2.45) is 0 Å². The van der Waals surface area contributed by atoms with Crippen LogP contribution in [-0.2, 0) is 14.3 Å². The lowest BCUT2D eigenvalue weighted by Crippen LogP contribution is -2.38. The molecular formula is C38H30BrCl2N3O6. The number of fused-ring (bicyclic) bond motifs is 2. The normalized spacial score (nSPS) is 16.9. The lowest BCUT2D eigenvalue weighted by molar-refractivity contribution is -0.111. The molecule has 3 aromatic carbocycles. The Kier molecular flexibility index (Phi) is 10.3. The summed E-state index contributed by atoms with van der Waals surface area (Å²) in [5, 5.41) is 6.81. The van der Waals surface area contributed by atoms with Gasteiger partial charge in [0.1, 0.15) is 29.6 Å². The van der Waals surface area contributed by atoms with Gasteiger partial charge in [-0.15, -0.1) is 0 Å². The fourth-order valence-corrected chi connectivity index (χ4v) is 6.40. The van der Waals surface area contributed by atoms with Crippen LogP contribution < -0.4 is 15.4 Å². The molecule has 0 atom stereocenters. The highest BCUT2D eigenvalue weighted by atomic mass is 79.9. The molecule has 0 bridgehead atoms. The molecule has 3 aliphatic rings. The zero-order chi connectivity index (χ0) is 34.6. The van der Waals surface area contributed by atoms with Crippen molar-refractivity contribution in [1.29, 1.82) is 0 Å². The van der Waals surface area contributed by atoms with E-state index in [1.54, 1.807) is 60.7 Å². The van der Waals surface area contributed by atoms with Crippen LogP contribution in [-0.4, -0.2) is 56.2 Å². The van der Waals surface area contributed by atoms with Crippen LogP contribution in [0.5, 0.6) is 5.75 Å². The summed E-state index contributed by atoms with van der Waals surface area (Å²) in [5.41, 5.74) is 5.08. The topological polar surface area (TPSA) is 106 Å².